The van der Waals surface area contributed by atoms with Gasteiger partial charge in [-0.15, -0.1) is 5.10 Å². The van der Waals surface area contributed by atoms with Crippen molar-refractivity contribution in [2.75, 3.05) is 11.5 Å². The molecule has 10 nitrogen and oxygen atoms in total. The van der Waals surface area contributed by atoms with Gasteiger partial charge in [-0.05, 0) is 67.6 Å². The van der Waals surface area contributed by atoms with Crippen molar-refractivity contribution < 1.29 is 31.3 Å². The molecule has 0 aliphatic carbocycles. The summed E-state index contributed by atoms with van der Waals surface area (Å²) in [5, 5.41) is 7.74. The van der Waals surface area contributed by atoms with E-state index in [4.69, 9.17) is 4.84 Å². The normalized spacial score (nSPS) is 12.0. The molecule has 0 aliphatic rings. The van der Waals surface area contributed by atoms with E-state index in [9.17, 15) is 26.4 Å². The zero-order valence-electron chi connectivity index (χ0n) is 23.2. The average molecular weight is 618 g/mol. The van der Waals surface area contributed by atoms with E-state index in [2.05, 4.69) is 10.3 Å². The molecule has 0 N–H and O–H groups in total. The Balaban J connectivity index is 1.41. The Morgan fingerprint density at radius 2 is 1.19 bits per heavy atom. The van der Waals surface area contributed by atoms with E-state index in [-0.39, 0.29) is 20.9 Å². The van der Waals surface area contributed by atoms with Crippen LogP contribution >= 0.6 is 0 Å². The minimum Gasteiger partial charge on any atom is -0.312 e. The zero-order chi connectivity index (χ0) is 30.8. The van der Waals surface area contributed by atoms with Gasteiger partial charge in [-0.1, -0.05) is 64.5 Å². The summed E-state index contributed by atoms with van der Waals surface area (Å²) in [5.41, 5.74) is 2.85. The van der Waals surface area contributed by atoms with E-state index in [1.165, 1.54) is 48.5 Å². The van der Waals surface area contributed by atoms with Gasteiger partial charge in [-0.2, -0.15) is 0 Å². The van der Waals surface area contributed by atoms with E-state index in [1.54, 1.807) is 48.5 Å². The molecule has 0 atom stereocenters. The molecular weight excluding hydrogens is 590 g/mol. The number of carbonyl (C=O) groups excluding carboxylic acids is 2. The number of fused-ring (bicyclic) bond motifs is 1. The first kappa shape index (κ1) is 29.8. The summed E-state index contributed by atoms with van der Waals surface area (Å²) in [6, 6.07) is 24.5. The van der Waals surface area contributed by atoms with Gasteiger partial charge in [0, 0.05) is 5.56 Å². The predicted octanol–water partition coefficient (Wildman–Crippen LogP) is 4.06. The summed E-state index contributed by atoms with van der Waals surface area (Å²) in [6.45, 7) is 3.62. The fourth-order valence-corrected chi connectivity index (χ4v) is 7.70. The number of hydrogen-bond acceptors (Lipinski definition) is 9. The SMILES string of the molecule is Cc1ccc(S(=O)(=O)CC(CS(=O)(=O)c2ccc(C)cc2)C(=O)c2ccc(C(=O)On3nnc4ccccc43)cc2)cc1. The lowest BCUT2D eigenvalue weighted by Gasteiger charge is -2.17. The third kappa shape index (κ3) is 6.71. The van der Waals surface area contributed by atoms with Gasteiger partial charge in [0.1, 0.15) is 11.0 Å². The minimum absolute atomic E-state index is 0.0117. The summed E-state index contributed by atoms with van der Waals surface area (Å²) in [5.74, 6) is -4.31. The second-order valence-corrected chi connectivity index (χ2v) is 14.2. The van der Waals surface area contributed by atoms with Gasteiger partial charge in [0.15, 0.2) is 25.5 Å². The van der Waals surface area contributed by atoms with Crippen molar-refractivity contribution in [3.8, 4) is 0 Å². The van der Waals surface area contributed by atoms with Gasteiger partial charge in [0.25, 0.3) is 0 Å². The van der Waals surface area contributed by atoms with Crippen LogP contribution in [0.4, 0.5) is 0 Å². The molecule has 1 aromatic heterocycles. The van der Waals surface area contributed by atoms with Crippen LogP contribution in [0.1, 0.15) is 31.8 Å². The van der Waals surface area contributed by atoms with Crippen LogP contribution in [0, 0.1) is 19.8 Å². The van der Waals surface area contributed by atoms with Crippen LogP contribution < -0.4 is 4.84 Å². The number of benzene rings is 4. The molecule has 0 spiro atoms. The molecule has 0 amide bonds. The van der Waals surface area contributed by atoms with Crippen molar-refractivity contribution in [2.24, 2.45) is 5.92 Å². The number of nitrogens with zero attached hydrogens (tertiary/aromatic N) is 3. The van der Waals surface area contributed by atoms with Gasteiger partial charge >= 0.3 is 5.97 Å². The highest BCUT2D eigenvalue weighted by Gasteiger charge is 2.33. The van der Waals surface area contributed by atoms with Crippen molar-refractivity contribution in [1.82, 2.24) is 15.2 Å². The van der Waals surface area contributed by atoms with E-state index in [0.717, 1.165) is 16.0 Å². The minimum atomic E-state index is -4.03. The highest BCUT2D eigenvalue weighted by molar-refractivity contribution is 7.92. The summed E-state index contributed by atoms with van der Waals surface area (Å²) in [4.78, 5) is 32.7. The maximum atomic E-state index is 13.7. The molecule has 0 bridgehead atoms. The molecule has 5 aromatic rings. The molecule has 1 heterocycles. The predicted molar refractivity (Wildman–Crippen MR) is 159 cm³/mol. The zero-order valence-corrected chi connectivity index (χ0v) is 24.9. The van der Waals surface area contributed by atoms with Crippen LogP contribution in [0.15, 0.2) is 107 Å². The van der Waals surface area contributed by atoms with Gasteiger partial charge in [-0.25, -0.2) is 21.6 Å². The van der Waals surface area contributed by atoms with E-state index >= 15 is 0 Å². The number of aryl methyl sites for hydroxylation is 2. The third-order valence-corrected chi connectivity index (χ3v) is 10.5. The van der Waals surface area contributed by atoms with Crippen molar-refractivity contribution in [3.05, 3.63) is 119 Å². The fraction of sp³-hybridized carbons (Fsp3) is 0.161. The molecule has 0 unspecified atom stereocenters. The lowest BCUT2D eigenvalue weighted by Crippen LogP contribution is -2.31. The number of hydrogen-bond donors (Lipinski definition) is 0. The second kappa shape index (κ2) is 11.9. The first-order valence-electron chi connectivity index (χ1n) is 13.2. The summed E-state index contributed by atoms with van der Waals surface area (Å²) < 4.78 is 53.3. The highest BCUT2D eigenvalue weighted by atomic mass is 32.2. The van der Waals surface area contributed by atoms with Gasteiger partial charge in [-0.3, -0.25) is 4.79 Å². The Hall–Kier alpha value is -4.68. The van der Waals surface area contributed by atoms with Crippen molar-refractivity contribution in [2.45, 2.75) is 23.6 Å². The number of carbonyl (C=O) groups is 2. The van der Waals surface area contributed by atoms with Gasteiger partial charge in [0.05, 0.1) is 32.8 Å². The van der Waals surface area contributed by atoms with E-state index in [1.807, 2.05) is 13.8 Å². The van der Waals surface area contributed by atoms with Crippen LogP contribution in [0.5, 0.6) is 0 Å². The van der Waals surface area contributed by atoms with Gasteiger partial charge < -0.3 is 4.84 Å². The average Bonchev–Trinajstić information content (AvgIpc) is 3.39. The van der Waals surface area contributed by atoms with Crippen molar-refractivity contribution in [3.63, 3.8) is 0 Å². The summed E-state index contributed by atoms with van der Waals surface area (Å²) in [7, 11) is -8.07. The molecule has 0 fully saturated rings. The summed E-state index contributed by atoms with van der Waals surface area (Å²) in [6.07, 6.45) is 0. The Morgan fingerprint density at radius 1 is 0.698 bits per heavy atom. The first-order chi connectivity index (χ1) is 20.4. The first-order valence-corrected chi connectivity index (χ1v) is 16.5. The second-order valence-electron chi connectivity index (χ2n) is 10.2. The maximum Gasteiger partial charge on any atom is 0.365 e. The lowest BCUT2D eigenvalue weighted by molar-refractivity contribution is 0.0408. The van der Waals surface area contributed by atoms with Crippen molar-refractivity contribution >= 4 is 42.5 Å². The van der Waals surface area contributed by atoms with E-state index < -0.39 is 48.9 Å². The molecular formula is C31H27N3O7S2. The Bertz CT molecular complexity index is 1940. The fourth-order valence-electron chi connectivity index (χ4n) is 4.47. The van der Waals surface area contributed by atoms with E-state index in [0.29, 0.717) is 11.0 Å². The molecule has 5 rings (SSSR count). The third-order valence-electron chi connectivity index (χ3n) is 6.87. The standard InChI is InChI=1S/C31H27N3O7S2/c1-21-7-15-26(16-8-21)42(37,38)19-25(20-43(39,40)27-17-9-22(2)10-18-27)30(35)23-11-13-24(14-12-23)31(36)41-34-29-6-4-3-5-28(29)32-33-34/h3-18,25H,19-20H2,1-2H3. The Labute approximate surface area is 248 Å². The maximum absolute atomic E-state index is 13.7. The molecule has 0 radical (unpaired) electrons. The number of Topliss-reactive ketones (excluding diaryl/α,β-unsaturated/α-hetero) is 1. The van der Waals surface area contributed by atoms with Gasteiger partial charge in [0.2, 0.25) is 0 Å². The topological polar surface area (TPSA) is 142 Å². The molecule has 0 saturated heterocycles. The molecule has 43 heavy (non-hydrogen) atoms. The lowest BCUT2D eigenvalue weighted by atomic mass is 10.00. The molecule has 220 valence electrons. The highest BCUT2D eigenvalue weighted by Crippen LogP contribution is 2.23. The number of sulfone groups is 2. The molecule has 12 heteroatoms. The largest absolute Gasteiger partial charge is 0.365 e. The molecule has 4 aromatic carbocycles. The molecule has 0 aliphatic heterocycles. The number of rotatable bonds is 10. The quantitative estimate of drug-likeness (QED) is 0.167. The van der Waals surface area contributed by atoms with Crippen LogP contribution in [-0.2, 0) is 19.7 Å². The Kier molecular flexibility index (Phi) is 8.25. The molecule has 0 saturated carbocycles. The van der Waals surface area contributed by atoms with Crippen LogP contribution in [0.25, 0.3) is 11.0 Å². The number of ketones is 1. The monoisotopic (exact) mass is 617 g/mol. The van der Waals surface area contributed by atoms with Crippen molar-refractivity contribution in [1.29, 1.82) is 0 Å². The Morgan fingerprint density at radius 3 is 1.72 bits per heavy atom. The smallest absolute Gasteiger partial charge is 0.312 e. The number of aromatic nitrogens is 3. The summed E-state index contributed by atoms with van der Waals surface area (Å²) >= 11 is 0. The van der Waals surface area contributed by atoms with Crippen LogP contribution in [-0.4, -0.2) is 55.3 Å². The van der Waals surface area contributed by atoms with Crippen LogP contribution in [0.3, 0.4) is 0 Å². The van der Waals surface area contributed by atoms with Crippen LogP contribution in [0.2, 0.25) is 0 Å². The number of para-hydroxylation sites is 1.